The molecule has 2 rings (SSSR count). The van der Waals surface area contributed by atoms with Gasteiger partial charge in [0.15, 0.2) is 6.61 Å². The first-order chi connectivity index (χ1) is 9.97. The molecule has 116 valence electrons. The fourth-order valence-electron chi connectivity index (χ4n) is 2.75. The number of hydrogen-bond donors (Lipinski definition) is 2. The summed E-state index contributed by atoms with van der Waals surface area (Å²) < 4.78 is 5.25. The SMILES string of the molecule is CC1CCC(C)(NCc2ccc(OCC(N)=O)cc2)CC1. The maximum atomic E-state index is 10.7. The third kappa shape index (κ3) is 5.05. The summed E-state index contributed by atoms with van der Waals surface area (Å²) in [6.07, 6.45) is 5.11. The molecule has 21 heavy (non-hydrogen) atoms. The molecule has 4 nitrogen and oxygen atoms in total. The molecule has 1 amide bonds. The molecular weight excluding hydrogens is 264 g/mol. The second kappa shape index (κ2) is 6.94. The van der Waals surface area contributed by atoms with Crippen molar-refractivity contribution in [3.05, 3.63) is 29.8 Å². The number of carbonyl (C=O) groups excluding carboxylic acids is 1. The molecule has 1 aliphatic rings. The second-order valence-electron chi connectivity index (χ2n) is 6.50. The Kier molecular flexibility index (Phi) is 5.23. The second-order valence-corrected chi connectivity index (χ2v) is 6.50. The van der Waals surface area contributed by atoms with Gasteiger partial charge in [0.2, 0.25) is 0 Å². The third-order valence-electron chi connectivity index (χ3n) is 4.40. The molecule has 0 aliphatic heterocycles. The van der Waals surface area contributed by atoms with E-state index in [0.717, 1.165) is 12.5 Å². The number of benzene rings is 1. The molecule has 1 aliphatic carbocycles. The van der Waals surface area contributed by atoms with Crippen LogP contribution in [0.2, 0.25) is 0 Å². The summed E-state index contributed by atoms with van der Waals surface area (Å²) in [5.74, 6) is 1.08. The van der Waals surface area contributed by atoms with Crippen LogP contribution >= 0.6 is 0 Å². The Morgan fingerprint density at radius 1 is 1.33 bits per heavy atom. The zero-order chi connectivity index (χ0) is 15.3. The van der Waals surface area contributed by atoms with Crippen LogP contribution in [0.25, 0.3) is 0 Å². The van der Waals surface area contributed by atoms with Crippen LogP contribution in [0.5, 0.6) is 5.75 Å². The van der Waals surface area contributed by atoms with Crippen LogP contribution in [0.3, 0.4) is 0 Å². The molecule has 1 fully saturated rings. The first-order valence-corrected chi connectivity index (χ1v) is 7.72. The predicted octanol–water partition coefficient (Wildman–Crippen LogP) is 2.61. The summed E-state index contributed by atoms with van der Waals surface area (Å²) in [5.41, 5.74) is 6.53. The summed E-state index contributed by atoms with van der Waals surface area (Å²) in [7, 11) is 0. The van der Waals surface area contributed by atoms with E-state index in [1.807, 2.05) is 24.3 Å². The van der Waals surface area contributed by atoms with Gasteiger partial charge < -0.3 is 15.8 Å². The number of nitrogens with two attached hydrogens (primary N) is 1. The summed E-state index contributed by atoms with van der Waals surface area (Å²) in [6, 6.07) is 7.81. The van der Waals surface area contributed by atoms with Gasteiger partial charge in [-0.05, 0) is 56.2 Å². The summed E-state index contributed by atoms with van der Waals surface area (Å²) in [6.45, 7) is 5.45. The van der Waals surface area contributed by atoms with Crippen molar-refractivity contribution in [2.75, 3.05) is 6.61 Å². The Hall–Kier alpha value is -1.55. The zero-order valence-corrected chi connectivity index (χ0v) is 13.0. The lowest BCUT2D eigenvalue weighted by atomic mass is 9.78. The van der Waals surface area contributed by atoms with E-state index in [0.29, 0.717) is 5.75 Å². The third-order valence-corrected chi connectivity index (χ3v) is 4.40. The van der Waals surface area contributed by atoms with Gasteiger partial charge in [-0.25, -0.2) is 0 Å². The number of nitrogens with one attached hydrogen (secondary N) is 1. The molecule has 0 aromatic heterocycles. The van der Waals surface area contributed by atoms with Crippen molar-refractivity contribution in [2.24, 2.45) is 11.7 Å². The van der Waals surface area contributed by atoms with Gasteiger partial charge in [-0.2, -0.15) is 0 Å². The van der Waals surface area contributed by atoms with E-state index >= 15 is 0 Å². The number of amides is 1. The minimum atomic E-state index is -0.458. The van der Waals surface area contributed by atoms with Gasteiger partial charge in [-0.3, -0.25) is 4.79 Å². The van der Waals surface area contributed by atoms with Crippen LogP contribution in [0.1, 0.15) is 45.1 Å². The predicted molar refractivity (Wildman–Crippen MR) is 84.0 cm³/mol. The van der Waals surface area contributed by atoms with E-state index in [4.69, 9.17) is 10.5 Å². The van der Waals surface area contributed by atoms with E-state index in [-0.39, 0.29) is 12.1 Å². The van der Waals surface area contributed by atoms with Gasteiger partial charge in [0, 0.05) is 12.1 Å². The topological polar surface area (TPSA) is 64.3 Å². The maximum Gasteiger partial charge on any atom is 0.255 e. The molecule has 0 saturated heterocycles. The molecule has 1 saturated carbocycles. The zero-order valence-electron chi connectivity index (χ0n) is 13.0. The summed E-state index contributed by atoms with van der Waals surface area (Å²) in [4.78, 5) is 10.7. The minimum absolute atomic E-state index is 0.0755. The van der Waals surface area contributed by atoms with Crippen molar-refractivity contribution in [1.29, 1.82) is 0 Å². The number of carbonyl (C=O) groups is 1. The van der Waals surface area contributed by atoms with E-state index in [9.17, 15) is 4.79 Å². The average molecular weight is 290 g/mol. The summed E-state index contributed by atoms with van der Waals surface area (Å²) >= 11 is 0. The quantitative estimate of drug-likeness (QED) is 0.846. The van der Waals surface area contributed by atoms with Crippen LogP contribution in [0.4, 0.5) is 0 Å². The van der Waals surface area contributed by atoms with Crippen molar-refractivity contribution < 1.29 is 9.53 Å². The molecule has 1 aromatic rings. The van der Waals surface area contributed by atoms with Crippen molar-refractivity contribution in [3.8, 4) is 5.75 Å². The average Bonchev–Trinajstić information content (AvgIpc) is 2.48. The van der Waals surface area contributed by atoms with Gasteiger partial charge >= 0.3 is 0 Å². The molecular formula is C17H26N2O2. The fraction of sp³-hybridized carbons (Fsp3) is 0.588. The lowest BCUT2D eigenvalue weighted by Crippen LogP contribution is -2.44. The van der Waals surface area contributed by atoms with Gasteiger partial charge in [0.25, 0.3) is 5.91 Å². The van der Waals surface area contributed by atoms with Crippen LogP contribution in [0, 0.1) is 5.92 Å². The number of primary amides is 1. The lowest BCUT2D eigenvalue weighted by molar-refractivity contribution is -0.119. The smallest absolute Gasteiger partial charge is 0.255 e. The molecule has 0 atom stereocenters. The van der Waals surface area contributed by atoms with Gasteiger partial charge in [-0.1, -0.05) is 19.1 Å². The number of ether oxygens (including phenoxy) is 1. The van der Waals surface area contributed by atoms with E-state index in [2.05, 4.69) is 19.2 Å². The van der Waals surface area contributed by atoms with E-state index < -0.39 is 5.91 Å². The Morgan fingerprint density at radius 3 is 2.52 bits per heavy atom. The monoisotopic (exact) mass is 290 g/mol. The Bertz CT molecular complexity index is 462. The van der Waals surface area contributed by atoms with Crippen molar-refractivity contribution in [3.63, 3.8) is 0 Å². The molecule has 0 heterocycles. The molecule has 0 spiro atoms. The Morgan fingerprint density at radius 2 is 1.95 bits per heavy atom. The first kappa shape index (κ1) is 15.8. The number of rotatable bonds is 6. The highest BCUT2D eigenvalue weighted by molar-refractivity contribution is 5.75. The highest BCUT2D eigenvalue weighted by Crippen LogP contribution is 2.31. The Balaban J connectivity index is 1.82. The van der Waals surface area contributed by atoms with Crippen LogP contribution in [-0.2, 0) is 11.3 Å². The van der Waals surface area contributed by atoms with Crippen LogP contribution in [-0.4, -0.2) is 18.1 Å². The largest absolute Gasteiger partial charge is 0.484 e. The molecule has 0 radical (unpaired) electrons. The Labute approximate surface area is 127 Å². The van der Waals surface area contributed by atoms with Crippen LogP contribution in [0.15, 0.2) is 24.3 Å². The van der Waals surface area contributed by atoms with Crippen LogP contribution < -0.4 is 15.8 Å². The first-order valence-electron chi connectivity index (χ1n) is 7.72. The van der Waals surface area contributed by atoms with Gasteiger partial charge in [-0.15, -0.1) is 0 Å². The lowest BCUT2D eigenvalue weighted by Gasteiger charge is -2.37. The molecule has 1 aromatic carbocycles. The normalized spacial score (nSPS) is 25.5. The molecule has 0 bridgehead atoms. The maximum absolute atomic E-state index is 10.7. The summed E-state index contributed by atoms with van der Waals surface area (Å²) in [5, 5.41) is 3.69. The van der Waals surface area contributed by atoms with E-state index in [1.54, 1.807) is 0 Å². The van der Waals surface area contributed by atoms with Gasteiger partial charge in [0.05, 0.1) is 0 Å². The highest BCUT2D eigenvalue weighted by atomic mass is 16.5. The number of hydrogen-bond acceptors (Lipinski definition) is 3. The highest BCUT2D eigenvalue weighted by Gasteiger charge is 2.28. The van der Waals surface area contributed by atoms with Gasteiger partial charge in [0.1, 0.15) is 5.75 Å². The van der Waals surface area contributed by atoms with E-state index in [1.165, 1.54) is 31.2 Å². The molecule has 4 heteroatoms. The standard InChI is InChI=1S/C17H26N2O2/c1-13-7-9-17(2,10-8-13)19-11-14-3-5-15(6-4-14)21-12-16(18)20/h3-6,13,19H,7-12H2,1-2H3,(H2,18,20). The fourth-order valence-corrected chi connectivity index (χ4v) is 2.75. The van der Waals surface area contributed by atoms with Crippen molar-refractivity contribution in [1.82, 2.24) is 5.32 Å². The van der Waals surface area contributed by atoms with Crippen molar-refractivity contribution >= 4 is 5.91 Å². The minimum Gasteiger partial charge on any atom is -0.484 e. The molecule has 0 unspecified atom stereocenters. The molecule has 3 N–H and O–H groups in total. The van der Waals surface area contributed by atoms with Crippen molar-refractivity contribution in [2.45, 2.75) is 51.6 Å².